The molecule has 1 atom stereocenters. The van der Waals surface area contributed by atoms with Crippen molar-refractivity contribution in [1.82, 2.24) is 4.90 Å². The Bertz CT molecular complexity index is 1390. The molecule has 0 radical (unpaired) electrons. The van der Waals surface area contributed by atoms with E-state index in [0.29, 0.717) is 28.0 Å². The Kier molecular flexibility index (Phi) is 7.11. The molecule has 0 spiro atoms. The molecule has 0 bridgehead atoms. The summed E-state index contributed by atoms with van der Waals surface area (Å²) in [6.07, 6.45) is 1.85. The molecule has 0 aliphatic carbocycles. The molecule has 37 heavy (non-hydrogen) atoms. The van der Waals surface area contributed by atoms with Gasteiger partial charge in [0.1, 0.15) is 17.4 Å². The van der Waals surface area contributed by atoms with Gasteiger partial charge in [-0.25, -0.2) is 9.59 Å². The van der Waals surface area contributed by atoms with Crippen LogP contribution in [0.5, 0.6) is 0 Å². The zero-order valence-electron chi connectivity index (χ0n) is 20.6. The summed E-state index contributed by atoms with van der Waals surface area (Å²) in [6, 6.07) is 15.7. The summed E-state index contributed by atoms with van der Waals surface area (Å²) in [5, 5.41) is 9.93. The number of benzene rings is 2. The summed E-state index contributed by atoms with van der Waals surface area (Å²) >= 11 is 0. The molecule has 2 aliphatic rings. The van der Waals surface area contributed by atoms with Crippen molar-refractivity contribution in [3.05, 3.63) is 99.1 Å². The van der Waals surface area contributed by atoms with E-state index in [0.717, 1.165) is 11.1 Å². The maximum atomic E-state index is 12.5. The highest BCUT2D eigenvalue weighted by atomic mass is 16.5. The predicted octanol–water partition coefficient (Wildman–Crippen LogP) is 3.27. The average Bonchev–Trinajstić information content (AvgIpc) is 2.92. The van der Waals surface area contributed by atoms with Gasteiger partial charge in [-0.3, -0.25) is 4.79 Å². The van der Waals surface area contributed by atoms with Crippen LogP contribution >= 0.6 is 0 Å². The van der Waals surface area contributed by atoms with Crippen LogP contribution in [0.3, 0.4) is 0 Å². The first-order valence-corrected chi connectivity index (χ1v) is 11.4. The van der Waals surface area contributed by atoms with Gasteiger partial charge in [-0.15, -0.1) is 0 Å². The van der Waals surface area contributed by atoms with Gasteiger partial charge in [-0.2, -0.15) is 5.26 Å². The number of nitrogens with zero attached hydrogens (tertiary/aromatic N) is 2. The largest absolute Gasteiger partial charge is 0.465 e. The van der Waals surface area contributed by atoms with Crippen molar-refractivity contribution in [3.8, 4) is 6.07 Å². The number of methoxy groups -OCH3 is 2. The van der Waals surface area contributed by atoms with Gasteiger partial charge < -0.3 is 24.8 Å². The SMILES string of the molecule is COC(=O)c1ccc(/C=C2\CN(C(C)=O)CC3=C2OC(N)=C(C#N)C3c2ccc(C(=O)OC)cc2)cc1. The van der Waals surface area contributed by atoms with Gasteiger partial charge in [-0.1, -0.05) is 24.3 Å². The summed E-state index contributed by atoms with van der Waals surface area (Å²) < 4.78 is 15.5. The highest BCUT2D eigenvalue weighted by Crippen LogP contribution is 2.43. The number of amides is 1. The Morgan fingerprint density at radius 2 is 1.57 bits per heavy atom. The Labute approximate surface area is 214 Å². The molecule has 9 nitrogen and oxygen atoms in total. The Hall–Kier alpha value is -4.84. The van der Waals surface area contributed by atoms with Crippen molar-refractivity contribution in [2.45, 2.75) is 12.8 Å². The van der Waals surface area contributed by atoms with E-state index in [1.54, 1.807) is 53.4 Å². The summed E-state index contributed by atoms with van der Waals surface area (Å²) in [6.45, 7) is 1.99. The highest BCUT2D eigenvalue weighted by Gasteiger charge is 2.38. The molecule has 2 aliphatic heterocycles. The second kappa shape index (κ2) is 10.4. The molecule has 1 amide bonds. The lowest BCUT2D eigenvalue weighted by Crippen LogP contribution is -2.40. The Morgan fingerprint density at radius 3 is 2.08 bits per heavy atom. The van der Waals surface area contributed by atoms with Crippen molar-refractivity contribution >= 4 is 23.9 Å². The molecule has 0 saturated carbocycles. The molecule has 9 heteroatoms. The first-order valence-electron chi connectivity index (χ1n) is 11.4. The van der Waals surface area contributed by atoms with Crippen molar-refractivity contribution < 1.29 is 28.6 Å². The molecule has 1 unspecified atom stereocenters. The third kappa shape index (κ3) is 4.95. The van der Waals surface area contributed by atoms with Gasteiger partial charge in [0.05, 0.1) is 31.3 Å². The molecule has 0 aromatic heterocycles. The molecule has 2 aromatic carbocycles. The number of esters is 2. The number of carbonyl (C=O) groups excluding carboxylic acids is 3. The molecule has 0 saturated heterocycles. The predicted molar refractivity (Wildman–Crippen MR) is 133 cm³/mol. The normalized spacial score (nSPS) is 18.1. The topological polar surface area (TPSA) is 132 Å². The molecule has 2 N–H and O–H groups in total. The maximum absolute atomic E-state index is 12.5. The van der Waals surface area contributed by atoms with Crippen molar-refractivity contribution in [1.29, 1.82) is 5.26 Å². The highest BCUT2D eigenvalue weighted by molar-refractivity contribution is 5.90. The van der Waals surface area contributed by atoms with Crippen LogP contribution < -0.4 is 5.73 Å². The fourth-order valence-corrected chi connectivity index (χ4v) is 4.44. The van der Waals surface area contributed by atoms with Crippen LogP contribution in [0.2, 0.25) is 0 Å². The van der Waals surface area contributed by atoms with Crippen LogP contribution in [0.25, 0.3) is 6.08 Å². The zero-order valence-corrected chi connectivity index (χ0v) is 20.6. The van der Waals surface area contributed by atoms with Crippen LogP contribution in [-0.4, -0.2) is 50.1 Å². The van der Waals surface area contributed by atoms with Gasteiger partial charge >= 0.3 is 11.9 Å². The van der Waals surface area contributed by atoms with E-state index in [2.05, 4.69) is 6.07 Å². The van der Waals surface area contributed by atoms with E-state index in [4.69, 9.17) is 19.9 Å². The molecular weight excluding hydrogens is 474 g/mol. The maximum Gasteiger partial charge on any atom is 0.337 e. The molecule has 4 rings (SSSR count). The standard InChI is InChI=1S/C28H25N3O6/c1-16(32)31-14-21(12-17-4-6-19(7-5-17)27(33)35-2)25-23(15-31)24(22(13-29)26(30)37-25)18-8-10-20(11-9-18)28(34)36-3/h4-12,24H,14-15,30H2,1-3H3/b21-12+. The van der Waals surface area contributed by atoms with Crippen molar-refractivity contribution in [2.75, 3.05) is 27.3 Å². The quantitative estimate of drug-likeness (QED) is 0.634. The van der Waals surface area contributed by atoms with Gasteiger partial charge in [0, 0.05) is 31.2 Å². The second-order valence-corrected chi connectivity index (χ2v) is 8.55. The van der Waals surface area contributed by atoms with Crippen LogP contribution in [0.1, 0.15) is 44.7 Å². The Balaban J connectivity index is 1.82. The third-order valence-electron chi connectivity index (χ3n) is 6.32. The fourth-order valence-electron chi connectivity index (χ4n) is 4.44. The molecule has 0 fully saturated rings. The number of hydrogen-bond donors (Lipinski definition) is 1. The lowest BCUT2D eigenvalue weighted by atomic mass is 9.80. The molecule has 2 aromatic rings. The van der Waals surface area contributed by atoms with Crippen LogP contribution in [0.4, 0.5) is 0 Å². The van der Waals surface area contributed by atoms with Gasteiger partial charge in [0.15, 0.2) is 0 Å². The van der Waals surface area contributed by atoms with Crippen LogP contribution in [0, 0.1) is 11.3 Å². The third-order valence-corrected chi connectivity index (χ3v) is 6.32. The minimum Gasteiger partial charge on any atom is -0.465 e. The summed E-state index contributed by atoms with van der Waals surface area (Å²) in [4.78, 5) is 37.8. The van der Waals surface area contributed by atoms with Gasteiger partial charge in [-0.05, 0) is 41.5 Å². The number of ether oxygens (including phenoxy) is 3. The van der Waals surface area contributed by atoms with E-state index < -0.39 is 17.9 Å². The summed E-state index contributed by atoms with van der Waals surface area (Å²) in [7, 11) is 2.62. The number of rotatable bonds is 4. The number of allylic oxidation sites excluding steroid dienone is 1. The smallest absolute Gasteiger partial charge is 0.337 e. The minimum atomic E-state index is -0.576. The number of carbonyl (C=O) groups is 3. The first-order chi connectivity index (χ1) is 17.8. The lowest BCUT2D eigenvalue weighted by molar-refractivity contribution is -0.128. The van der Waals surface area contributed by atoms with E-state index in [-0.39, 0.29) is 30.5 Å². The van der Waals surface area contributed by atoms with Crippen molar-refractivity contribution in [3.63, 3.8) is 0 Å². The molecular formula is C28H25N3O6. The summed E-state index contributed by atoms with van der Waals surface area (Å²) in [5.74, 6) is -1.16. The fraction of sp³-hybridized carbons (Fsp3) is 0.214. The van der Waals surface area contributed by atoms with Gasteiger partial charge in [0.2, 0.25) is 11.8 Å². The molecule has 2 heterocycles. The van der Waals surface area contributed by atoms with E-state index in [1.807, 2.05) is 6.08 Å². The number of hydrogen-bond acceptors (Lipinski definition) is 8. The monoisotopic (exact) mass is 499 g/mol. The number of nitrogens with two attached hydrogens (primary N) is 1. The minimum absolute atomic E-state index is 0.0218. The van der Waals surface area contributed by atoms with E-state index >= 15 is 0 Å². The van der Waals surface area contributed by atoms with E-state index in [1.165, 1.54) is 21.1 Å². The van der Waals surface area contributed by atoms with Gasteiger partial charge in [0.25, 0.3) is 0 Å². The van der Waals surface area contributed by atoms with E-state index in [9.17, 15) is 19.6 Å². The van der Waals surface area contributed by atoms with Crippen molar-refractivity contribution in [2.24, 2.45) is 5.73 Å². The first kappa shape index (κ1) is 25.3. The van der Waals surface area contributed by atoms with Crippen LogP contribution in [-0.2, 0) is 19.0 Å². The lowest BCUT2D eigenvalue weighted by Gasteiger charge is -2.38. The summed E-state index contributed by atoms with van der Waals surface area (Å²) in [5.41, 5.74) is 10.1. The Morgan fingerprint density at radius 1 is 1.00 bits per heavy atom. The number of nitriles is 1. The van der Waals surface area contributed by atoms with Crippen LogP contribution in [0.15, 0.2) is 76.9 Å². The molecule has 188 valence electrons. The second-order valence-electron chi connectivity index (χ2n) is 8.55. The average molecular weight is 500 g/mol. The zero-order chi connectivity index (χ0) is 26.7.